The summed E-state index contributed by atoms with van der Waals surface area (Å²) in [5, 5.41) is 2.92. The number of anilines is 1. The highest BCUT2D eigenvalue weighted by atomic mass is 79.9. The highest BCUT2D eigenvalue weighted by molar-refractivity contribution is 9.10. The highest BCUT2D eigenvalue weighted by Crippen LogP contribution is 2.37. The van der Waals surface area contributed by atoms with Gasteiger partial charge in [-0.1, -0.05) is 6.92 Å². The van der Waals surface area contributed by atoms with Crippen molar-refractivity contribution in [2.45, 2.75) is 50.8 Å². The van der Waals surface area contributed by atoms with Crippen molar-refractivity contribution in [3.05, 3.63) is 22.2 Å². The summed E-state index contributed by atoms with van der Waals surface area (Å²) in [6.07, 6.45) is 2.82. The minimum atomic E-state index is -3.75. The molecule has 1 fully saturated rings. The molecule has 3 rings (SSSR count). The van der Waals surface area contributed by atoms with Crippen molar-refractivity contribution in [3.8, 4) is 0 Å². The second kappa shape index (κ2) is 11.1. The maximum absolute atomic E-state index is 13.4. The second-order valence-corrected chi connectivity index (χ2v) is 10.8. The zero-order valence-electron chi connectivity index (χ0n) is 18.7. The Kier molecular flexibility index (Phi) is 8.71. The van der Waals surface area contributed by atoms with Gasteiger partial charge in [-0.25, -0.2) is 8.42 Å². The first-order valence-electron chi connectivity index (χ1n) is 11.3. The van der Waals surface area contributed by atoms with Crippen molar-refractivity contribution in [1.82, 2.24) is 9.62 Å². The van der Waals surface area contributed by atoms with Gasteiger partial charge in [0, 0.05) is 61.9 Å². The first-order chi connectivity index (χ1) is 15.3. The average Bonchev–Trinajstić information content (AvgIpc) is 3.20. The van der Waals surface area contributed by atoms with Gasteiger partial charge in [0.15, 0.2) is 0 Å². The number of carbonyl (C=O) groups excluding carboxylic acids is 2. The van der Waals surface area contributed by atoms with Crippen LogP contribution >= 0.6 is 15.9 Å². The molecule has 178 valence electrons. The molecule has 0 radical (unpaired) electrons. The molecular weight excluding hydrogens is 498 g/mol. The molecule has 10 heteroatoms. The molecule has 0 unspecified atom stereocenters. The van der Waals surface area contributed by atoms with Gasteiger partial charge in [0.25, 0.3) is 0 Å². The molecular formula is C22H32BrN3O5S. The van der Waals surface area contributed by atoms with E-state index in [1.165, 1.54) is 4.31 Å². The van der Waals surface area contributed by atoms with E-state index < -0.39 is 10.0 Å². The Bertz CT molecular complexity index is 945. The van der Waals surface area contributed by atoms with E-state index in [0.29, 0.717) is 75.2 Å². The molecule has 1 aromatic carbocycles. The number of amides is 2. The molecule has 1 saturated heterocycles. The summed E-state index contributed by atoms with van der Waals surface area (Å²) in [6.45, 7) is 6.73. The van der Waals surface area contributed by atoms with Gasteiger partial charge in [-0.2, -0.15) is 4.31 Å². The lowest BCUT2D eigenvalue weighted by atomic mass is 9.97. The van der Waals surface area contributed by atoms with Crippen LogP contribution in [0, 0.1) is 5.92 Å². The fraction of sp³-hybridized carbons (Fsp3) is 0.636. The number of nitrogens with one attached hydrogen (secondary N) is 1. The summed E-state index contributed by atoms with van der Waals surface area (Å²) in [7, 11) is -3.75. The molecule has 32 heavy (non-hydrogen) atoms. The topological polar surface area (TPSA) is 96.0 Å². The predicted octanol–water partition coefficient (Wildman–Crippen LogP) is 2.69. The van der Waals surface area contributed by atoms with Crippen LogP contribution in [0.1, 0.15) is 45.1 Å². The Hall–Kier alpha value is -1.49. The van der Waals surface area contributed by atoms with Gasteiger partial charge in [0.05, 0.1) is 4.90 Å². The first kappa shape index (κ1) is 25.1. The first-order valence-corrected chi connectivity index (χ1v) is 13.5. The Morgan fingerprint density at radius 3 is 2.56 bits per heavy atom. The van der Waals surface area contributed by atoms with Gasteiger partial charge >= 0.3 is 0 Å². The largest absolute Gasteiger partial charge is 0.382 e. The van der Waals surface area contributed by atoms with E-state index in [-0.39, 0.29) is 22.6 Å². The number of sulfonamides is 1. The van der Waals surface area contributed by atoms with E-state index in [1.54, 1.807) is 17.9 Å². The van der Waals surface area contributed by atoms with E-state index in [1.807, 2.05) is 13.0 Å². The molecule has 0 aliphatic carbocycles. The monoisotopic (exact) mass is 529 g/mol. The number of carbonyl (C=O) groups is 2. The second-order valence-electron chi connectivity index (χ2n) is 8.08. The lowest BCUT2D eigenvalue weighted by Crippen LogP contribution is -2.43. The van der Waals surface area contributed by atoms with Gasteiger partial charge in [0.1, 0.15) is 0 Å². The molecule has 2 heterocycles. The molecule has 1 N–H and O–H groups in total. The summed E-state index contributed by atoms with van der Waals surface area (Å²) in [4.78, 5) is 26.5. The van der Waals surface area contributed by atoms with Crippen LogP contribution in [0.2, 0.25) is 0 Å². The van der Waals surface area contributed by atoms with Crippen molar-refractivity contribution < 1.29 is 22.7 Å². The molecule has 2 aliphatic heterocycles. The fourth-order valence-corrected chi connectivity index (χ4v) is 6.75. The quantitative estimate of drug-likeness (QED) is 0.496. The SMILES string of the molecule is CCOCCCNC(=O)C1CCN(S(=O)(=O)c2cc3c(cc2Br)CCN3C(=O)CC)CC1. The molecule has 1 aromatic rings. The summed E-state index contributed by atoms with van der Waals surface area (Å²) in [5.41, 5.74) is 1.65. The van der Waals surface area contributed by atoms with Crippen molar-refractivity contribution >= 4 is 43.5 Å². The van der Waals surface area contributed by atoms with E-state index in [2.05, 4.69) is 21.2 Å². The van der Waals surface area contributed by atoms with Gasteiger partial charge in [-0.3, -0.25) is 9.59 Å². The molecule has 0 spiro atoms. The average molecular weight is 530 g/mol. The van der Waals surface area contributed by atoms with Crippen molar-refractivity contribution in [1.29, 1.82) is 0 Å². The minimum Gasteiger partial charge on any atom is -0.382 e. The van der Waals surface area contributed by atoms with Crippen molar-refractivity contribution in [2.75, 3.05) is 44.3 Å². The van der Waals surface area contributed by atoms with Crippen molar-refractivity contribution in [2.24, 2.45) is 5.92 Å². The summed E-state index contributed by atoms with van der Waals surface area (Å²) >= 11 is 3.42. The molecule has 0 saturated carbocycles. The smallest absolute Gasteiger partial charge is 0.244 e. The Labute approximate surface area is 198 Å². The van der Waals surface area contributed by atoms with Crippen molar-refractivity contribution in [3.63, 3.8) is 0 Å². The normalized spacial score (nSPS) is 17.4. The summed E-state index contributed by atoms with van der Waals surface area (Å²) < 4.78 is 34.0. The molecule has 2 amide bonds. The van der Waals surface area contributed by atoms with Gasteiger partial charge in [0.2, 0.25) is 21.8 Å². The van der Waals surface area contributed by atoms with Gasteiger partial charge in [-0.15, -0.1) is 0 Å². The van der Waals surface area contributed by atoms with Gasteiger partial charge in [-0.05, 0) is 66.2 Å². The molecule has 0 bridgehead atoms. The van der Waals surface area contributed by atoms with Crippen LogP contribution in [0.5, 0.6) is 0 Å². The number of nitrogens with zero attached hydrogens (tertiary/aromatic N) is 2. The van der Waals surface area contributed by atoms with Crippen LogP contribution in [0.3, 0.4) is 0 Å². The fourth-order valence-electron chi connectivity index (χ4n) is 4.21. The number of benzene rings is 1. The number of halogens is 1. The molecule has 0 aromatic heterocycles. The number of ether oxygens (including phenoxy) is 1. The molecule has 8 nitrogen and oxygen atoms in total. The van der Waals surface area contributed by atoms with Crippen LogP contribution < -0.4 is 10.2 Å². The summed E-state index contributed by atoms with van der Waals surface area (Å²) in [5.74, 6) is -0.219. The van der Waals surface area contributed by atoms with Crippen LogP contribution in [0.4, 0.5) is 5.69 Å². The summed E-state index contributed by atoms with van der Waals surface area (Å²) in [6, 6.07) is 3.43. The molecule has 2 aliphatic rings. The van der Waals surface area contributed by atoms with Crippen LogP contribution in [0.15, 0.2) is 21.5 Å². The lowest BCUT2D eigenvalue weighted by molar-refractivity contribution is -0.126. The predicted molar refractivity (Wildman–Crippen MR) is 126 cm³/mol. The number of rotatable bonds is 9. The Balaban J connectivity index is 1.65. The van der Waals surface area contributed by atoms with E-state index in [4.69, 9.17) is 4.74 Å². The number of hydrogen-bond acceptors (Lipinski definition) is 5. The Morgan fingerprint density at radius 2 is 1.91 bits per heavy atom. The zero-order valence-corrected chi connectivity index (χ0v) is 21.1. The number of fused-ring (bicyclic) bond motifs is 1. The number of hydrogen-bond donors (Lipinski definition) is 1. The van der Waals surface area contributed by atoms with Crippen LogP contribution in [-0.4, -0.2) is 63.9 Å². The van der Waals surface area contributed by atoms with E-state index in [0.717, 1.165) is 12.0 Å². The van der Waals surface area contributed by atoms with E-state index >= 15 is 0 Å². The third kappa shape index (κ3) is 5.52. The third-order valence-electron chi connectivity index (χ3n) is 6.04. The maximum atomic E-state index is 13.4. The molecule has 0 atom stereocenters. The van der Waals surface area contributed by atoms with E-state index in [9.17, 15) is 18.0 Å². The van der Waals surface area contributed by atoms with Crippen LogP contribution in [-0.2, 0) is 30.8 Å². The Morgan fingerprint density at radius 1 is 1.19 bits per heavy atom. The highest BCUT2D eigenvalue weighted by Gasteiger charge is 2.35. The third-order valence-corrected chi connectivity index (χ3v) is 8.90. The lowest BCUT2D eigenvalue weighted by Gasteiger charge is -2.31. The maximum Gasteiger partial charge on any atom is 0.244 e. The standard InChI is InChI=1S/C22H32BrN3O5S/c1-3-21(27)26-12-8-17-14-18(23)20(15-19(17)26)32(29,30)25-10-6-16(7-11-25)22(28)24-9-5-13-31-4-2/h14-16H,3-13H2,1-2H3,(H,24,28). The minimum absolute atomic E-state index is 0.0116. The van der Waals surface area contributed by atoms with Crippen LogP contribution in [0.25, 0.3) is 0 Å². The van der Waals surface area contributed by atoms with Gasteiger partial charge < -0.3 is 15.0 Å². The zero-order chi connectivity index (χ0) is 23.3. The number of piperidine rings is 1.